The van der Waals surface area contributed by atoms with Crippen molar-refractivity contribution in [2.24, 2.45) is 0 Å². The predicted molar refractivity (Wildman–Crippen MR) is 110 cm³/mol. The summed E-state index contributed by atoms with van der Waals surface area (Å²) in [6.07, 6.45) is 0. The van der Waals surface area contributed by atoms with E-state index in [9.17, 15) is 9.59 Å². The number of aromatic nitrogens is 2. The van der Waals surface area contributed by atoms with Crippen LogP contribution in [0.25, 0.3) is 0 Å². The number of nitrogens with zero attached hydrogens (tertiary/aromatic N) is 2. The van der Waals surface area contributed by atoms with Gasteiger partial charge in [0.1, 0.15) is 5.69 Å². The standard InChI is InChI=1S/C22H22N4O2/c1-13-8-14(2)10-19(9-13)25-22-23-15(3)11-20(26-22)21(28)24-18-7-5-6-17(12-18)16(4)27/h5-12H,1-4H3,(H,24,28)(H,23,25,26). The first-order valence-corrected chi connectivity index (χ1v) is 8.93. The topological polar surface area (TPSA) is 84.0 Å². The summed E-state index contributed by atoms with van der Waals surface area (Å²) in [5, 5.41) is 5.94. The van der Waals surface area contributed by atoms with Crippen molar-refractivity contribution in [3.8, 4) is 0 Å². The molecule has 0 atom stereocenters. The third kappa shape index (κ3) is 4.79. The molecule has 0 radical (unpaired) electrons. The third-order valence-electron chi connectivity index (χ3n) is 4.09. The van der Waals surface area contributed by atoms with E-state index < -0.39 is 0 Å². The van der Waals surface area contributed by atoms with Crippen molar-refractivity contribution in [3.05, 3.63) is 76.6 Å². The fraction of sp³-hybridized carbons (Fsp3) is 0.182. The second-order valence-corrected chi connectivity index (χ2v) is 6.81. The van der Waals surface area contributed by atoms with Crippen LogP contribution in [0.5, 0.6) is 0 Å². The summed E-state index contributed by atoms with van der Waals surface area (Å²) >= 11 is 0. The zero-order valence-electron chi connectivity index (χ0n) is 16.3. The highest BCUT2D eigenvalue weighted by Crippen LogP contribution is 2.18. The van der Waals surface area contributed by atoms with Gasteiger partial charge in [0.15, 0.2) is 5.78 Å². The number of Topliss-reactive ketones (excluding diaryl/α,β-unsaturated/α-hetero) is 1. The molecule has 0 aliphatic carbocycles. The van der Waals surface area contributed by atoms with Gasteiger partial charge in [-0.15, -0.1) is 0 Å². The van der Waals surface area contributed by atoms with E-state index in [0.717, 1.165) is 16.8 Å². The molecular weight excluding hydrogens is 352 g/mol. The maximum Gasteiger partial charge on any atom is 0.274 e. The van der Waals surface area contributed by atoms with Crippen molar-refractivity contribution in [2.45, 2.75) is 27.7 Å². The molecule has 3 aromatic rings. The summed E-state index contributed by atoms with van der Waals surface area (Å²) in [5.41, 5.74) is 5.10. The van der Waals surface area contributed by atoms with Gasteiger partial charge in [0.2, 0.25) is 5.95 Å². The van der Waals surface area contributed by atoms with Gasteiger partial charge >= 0.3 is 0 Å². The number of ketones is 1. The van der Waals surface area contributed by atoms with E-state index in [0.29, 0.717) is 22.9 Å². The van der Waals surface area contributed by atoms with E-state index in [-0.39, 0.29) is 17.4 Å². The van der Waals surface area contributed by atoms with E-state index in [4.69, 9.17) is 0 Å². The van der Waals surface area contributed by atoms with Crippen molar-refractivity contribution in [3.63, 3.8) is 0 Å². The number of rotatable bonds is 5. The minimum Gasteiger partial charge on any atom is -0.324 e. The zero-order valence-corrected chi connectivity index (χ0v) is 16.3. The highest BCUT2D eigenvalue weighted by Gasteiger charge is 2.12. The molecule has 0 unspecified atom stereocenters. The molecule has 0 spiro atoms. The lowest BCUT2D eigenvalue weighted by Gasteiger charge is -2.10. The largest absolute Gasteiger partial charge is 0.324 e. The summed E-state index contributed by atoms with van der Waals surface area (Å²) in [5.74, 6) is -0.0729. The fourth-order valence-corrected chi connectivity index (χ4v) is 2.93. The average Bonchev–Trinajstić information content (AvgIpc) is 2.60. The maximum atomic E-state index is 12.6. The van der Waals surface area contributed by atoms with Crippen molar-refractivity contribution < 1.29 is 9.59 Å². The number of nitrogens with one attached hydrogen (secondary N) is 2. The molecule has 6 nitrogen and oxygen atoms in total. The van der Waals surface area contributed by atoms with Gasteiger partial charge < -0.3 is 10.6 Å². The highest BCUT2D eigenvalue weighted by molar-refractivity contribution is 6.04. The van der Waals surface area contributed by atoms with Crippen LogP contribution in [-0.4, -0.2) is 21.7 Å². The summed E-state index contributed by atoms with van der Waals surface area (Å²) in [7, 11) is 0. The number of benzene rings is 2. The van der Waals surface area contributed by atoms with Gasteiger partial charge in [-0.1, -0.05) is 18.2 Å². The SMILES string of the molecule is CC(=O)c1cccc(NC(=O)c2cc(C)nc(Nc3cc(C)cc(C)c3)n2)c1. The van der Waals surface area contributed by atoms with Crippen molar-refractivity contribution in [2.75, 3.05) is 10.6 Å². The molecule has 2 N–H and O–H groups in total. The smallest absolute Gasteiger partial charge is 0.274 e. The van der Waals surface area contributed by atoms with Gasteiger partial charge in [0.05, 0.1) is 0 Å². The number of anilines is 3. The van der Waals surface area contributed by atoms with Crippen LogP contribution in [0.2, 0.25) is 0 Å². The number of carbonyl (C=O) groups excluding carboxylic acids is 2. The van der Waals surface area contributed by atoms with E-state index in [1.54, 1.807) is 30.3 Å². The second-order valence-electron chi connectivity index (χ2n) is 6.81. The Morgan fingerprint density at radius 3 is 2.25 bits per heavy atom. The first-order chi connectivity index (χ1) is 13.3. The van der Waals surface area contributed by atoms with Crippen LogP contribution in [0, 0.1) is 20.8 Å². The zero-order chi connectivity index (χ0) is 20.3. The molecule has 1 aromatic heterocycles. The number of carbonyl (C=O) groups is 2. The Hall–Kier alpha value is -3.54. The van der Waals surface area contributed by atoms with Crippen LogP contribution < -0.4 is 10.6 Å². The van der Waals surface area contributed by atoms with Gasteiger partial charge in [-0.05, 0) is 69.2 Å². The van der Waals surface area contributed by atoms with Crippen molar-refractivity contribution >= 4 is 29.0 Å². The molecule has 0 aliphatic rings. The molecule has 3 rings (SSSR count). The molecule has 0 aliphatic heterocycles. The lowest BCUT2D eigenvalue weighted by Crippen LogP contribution is -2.15. The third-order valence-corrected chi connectivity index (χ3v) is 4.09. The lowest BCUT2D eigenvalue weighted by atomic mass is 10.1. The second kappa shape index (κ2) is 8.00. The fourth-order valence-electron chi connectivity index (χ4n) is 2.93. The Labute approximate surface area is 164 Å². The highest BCUT2D eigenvalue weighted by atomic mass is 16.2. The van der Waals surface area contributed by atoms with Crippen LogP contribution in [-0.2, 0) is 0 Å². The Balaban J connectivity index is 1.83. The summed E-state index contributed by atoms with van der Waals surface area (Å²) < 4.78 is 0. The quantitative estimate of drug-likeness (QED) is 0.638. The Morgan fingerprint density at radius 2 is 1.57 bits per heavy atom. The predicted octanol–water partition coefficient (Wildman–Crippen LogP) is 4.60. The number of aryl methyl sites for hydroxylation is 3. The number of hydrogen-bond donors (Lipinski definition) is 2. The van der Waals surface area contributed by atoms with E-state index >= 15 is 0 Å². The normalized spacial score (nSPS) is 10.4. The Kier molecular flexibility index (Phi) is 5.49. The van der Waals surface area contributed by atoms with Gasteiger partial charge in [-0.2, -0.15) is 0 Å². The molecule has 0 fully saturated rings. The van der Waals surface area contributed by atoms with E-state index in [1.807, 2.05) is 32.9 Å². The molecule has 1 amide bonds. The van der Waals surface area contributed by atoms with E-state index in [2.05, 4.69) is 26.7 Å². The van der Waals surface area contributed by atoms with Crippen molar-refractivity contribution in [1.29, 1.82) is 0 Å². The molecule has 1 heterocycles. The molecule has 6 heteroatoms. The first kappa shape index (κ1) is 19.2. The molecule has 0 saturated heterocycles. The summed E-state index contributed by atoms with van der Waals surface area (Å²) in [6.45, 7) is 7.33. The molecule has 0 bridgehead atoms. The van der Waals surface area contributed by atoms with Gasteiger partial charge in [-0.25, -0.2) is 9.97 Å². The molecule has 2 aromatic carbocycles. The summed E-state index contributed by atoms with van der Waals surface area (Å²) in [6, 6.07) is 14.5. The van der Waals surface area contributed by atoms with Crippen LogP contribution in [0.4, 0.5) is 17.3 Å². The van der Waals surface area contributed by atoms with E-state index in [1.165, 1.54) is 6.92 Å². The van der Waals surface area contributed by atoms with Crippen LogP contribution >= 0.6 is 0 Å². The molecular formula is C22H22N4O2. The molecule has 28 heavy (non-hydrogen) atoms. The monoisotopic (exact) mass is 374 g/mol. The lowest BCUT2D eigenvalue weighted by molar-refractivity contribution is 0.100. The Bertz CT molecular complexity index is 1040. The first-order valence-electron chi connectivity index (χ1n) is 8.93. The van der Waals surface area contributed by atoms with Crippen LogP contribution in [0.3, 0.4) is 0 Å². The minimum atomic E-state index is -0.366. The van der Waals surface area contributed by atoms with Crippen LogP contribution in [0.1, 0.15) is 44.6 Å². The Morgan fingerprint density at radius 1 is 0.857 bits per heavy atom. The van der Waals surface area contributed by atoms with Gasteiger partial charge in [0, 0.05) is 22.6 Å². The van der Waals surface area contributed by atoms with Crippen LogP contribution in [0.15, 0.2) is 48.5 Å². The average molecular weight is 374 g/mol. The summed E-state index contributed by atoms with van der Waals surface area (Å²) in [4.78, 5) is 32.9. The minimum absolute atomic E-state index is 0.0612. The molecule has 142 valence electrons. The number of amides is 1. The van der Waals surface area contributed by atoms with Crippen molar-refractivity contribution in [1.82, 2.24) is 9.97 Å². The maximum absolute atomic E-state index is 12.6. The van der Waals surface area contributed by atoms with Gasteiger partial charge in [-0.3, -0.25) is 9.59 Å². The molecule has 0 saturated carbocycles. The van der Waals surface area contributed by atoms with Gasteiger partial charge in [0.25, 0.3) is 5.91 Å². The number of hydrogen-bond acceptors (Lipinski definition) is 5.